The van der Waals surface area contributed by atoms with Crippen molar-refractivity contribution in [3.05, 3.63) is 48.4 Å². The van der Waals surface area contributed by atoms with Gasteiger partial charge in [0.2, 0.25) is 5.89 Å². The zero-order valence-electron chi connectivity index (χ0n) is 18.5. The predicted molar refractivity (Wildman–Crippen MR) is 119 cm³/mol. The number of anilines is 1. The molecule has 1 fully saturated rings. The van der Waals surface area contributed by atoms with Gasteiger partial charge >= 0.3 is 0 Å². The fourth-order valence-corrected chi connectivity index (χ4v) is 4.13. The molecule has 0 saturated carbocycles. The summed E-state index contributed by atoms with van der Waals surface area (Å²) in [6.07, 6.45) is 6.10. The van der Waals surface area contributed by atoms with Crippen molar-refractivity contribution in [2.24, 2.45) is 0 Å². The number of oxazole rings is 1. The predicted octanol–water partition coefficient (Wildman–Crippen LogP) is 2.41. The highest BCUT2D eigenvalue weighted by Gasteiger charge is 2.43. The molecule has 0 aromatic carbocycles. The van der Waals surface area contributed by atoms with Crippen molar-refractivity contribution >= 4 is 17.4 Å². The Kier molecular flexibility index (Phi) is 5.24. The number of amides is 1. The van der Waals surface area contributed by atoms with Crippen molar-refractivity contribution in [1.82, 2.24) is 34.6 Å². The molecule has 0 spiro atoms. The lowest BCUT2D eigenvalue weighted by molar-refractivity contribution is 0.0140. The first-order chi connectivity index (χ1) is 16.2. The molecule has 1 saturated heterocycles. The number of nitrogens with two attached hydrogens (primary N) is 1. The number of rotatable bonds is 5. The van der Waals surface area contributed by atoms with Crippen molar-refractivity contribution < 1.29 is 18.0 Å². The number of hydrogen-bond acceptors (Lipinski definition) is 8. The lowest BCUT2D eigenvalue weighted by Gasteiger charge is -2.19. The van der Waals surface area contributed by atoms with Gasteiger partial charge in [-0.25, -0.2) is 28.7 Å². The first-order valence-electron chi connectivity index (χ1n) is 10.6. The molecular weight excluding hydrogens is 446 g/mol. The molecule has 34 heavy (non-hydrogen) atoms. The maximum atomic E-state index is 13.7. The third-order valence-corrected chi connectivity index (χ3v) is 5.87. The number of alkyl halides is 2. The van der Waals surface area contributed by atoms with Crippen LogP contribution in [0.4, 0.5) is 14.6 Å². The highest BCUT2D eigenvalue weighted by Crippen LogP contribution is 2.32. The number of fused-ring (bicyclic) bond motifs is 1. The Morgan fingerprint density at radius 1 is 1.29 bits per heavy atom. The Morgan fingerprint density at radius 2 is 2.12 bits per heavy atom. The monoisotopic (exact) mass is 468 g/mol. The SMILES string of the molecule is Cc1cnc2ccc(-c3nc(C(=O)NC[C@@H]4CC(F)(F)CN4C)c(N)nc3-c3ncco3)cn12. The van der Waals surface area contributed by atoms with Gasteiger partial charge in [0, 0.05) is 42.7 Å². The van der Waals surface area contributed by atoms with Crippen molar-refractivity contribution in [1.29, 1.82) is 0 Å². The van der Waals surface area contributed by atoms with Crippen LogP contribution in [0.15, 0.2) is 41.4 Å². The normalized spacial score (nSPS) is 17.9. The van der Waals surface area contributed by atoms with Crippen molar-refractivity contribution in [3.8, 4) is 22.8 Å². The minimum absolute atomic E-state index is 0.0308. The first kappa shape index (κ1) is 21.9. The van der Waals surface area contributed by atoms with Gasteiger partial charge in [-0.3, -0.25) is 9.69 Å². The zero-order valence-corrected chi connectivity index (χ0v) is 18.5. The van der Waals surface area contributed by atoms with Gasteiger partial charge in [0.15, 0.2) is 17.2 Å². The quantitative estimate of drug-likeness (QED) is 0.457. The van der Waals surface area contributed by atoms with Crippen molar-refractivity contribution in [2.75, 3.05) is 25.9 Å². The third-order valence-electron chi connectivity index (χ3n) is 5.87. The summed E-state index contributed by atoms with van der Waals surface area (Å²) < 4.78 is 34.6. The number of aromatic nitrogens is 5. The summed E-state index contributed by atoms with van der Waals surface area (Å²) in [4.78, 5) is 31.8. The van der Waals surface area contributed by atoms with Crippen LogP contribution in [0.3, 0.4) is 0 Å². The van der Waals surface area contributed by atoms with Crippen molar-refractivity contribution in [2.45, 2.75) is 25.3 Å². The van der Waals surface area contributed by atoms with Gasteiger partial charge in [-0.2, -0.15) is 0 Å². The van der Waals surface area contributed by atoms with Gasteiger partial charge in [-0.1, -0.05) is 0 Å². The molecular formula is C22H22F2N8O2. The highest BCUT2D eigenvalue weighted by atomic mass is 19.3. The van der Waals surface area contributed by atoms with Crippen LogP contribution in [0.2, 0.25) is 0 Å². The number of aryl methyl sites for hydroxylation is 1. The lowest BCUT2D eigenvalue weighted by Crippen LogP contribution is -2.38. The van der Waals surface area contributed by atoms with E-state index in [0.29, 0.717) is 11.3 Å². The number of halogens is 2. The molecule has 0 aliphatic carbocycles. The van der Waals surface area contributed by atoms with Gasteiger partial charge in [0.05, 0.1) is 12.7 Å². The lowest BCUT2D eigenvalue weighted by atomic mass is 10.1. The molecule has 1 atom stereocenters. The second-order valence-corrected chi connectivity index (χ2v) is 8.38. The van der Waals surface area contributed by atoms with Gasteiger partial charge in [0.25, 0.3) is 11.8 Å². The Balaban J connectivity index is 1.51. The fourth-order valence-electron chi connectivity index (χ4n) is 4.13. The molecule has 4 aromatic rings. The molecule has 5 rings (SSSR count). The minimum Gasteiger partial charge on any atom is -0.443 e. The maximum Gasteiger partial charge on any atom is 0.273 e. The number of likely N-dealkylation sites (tertiary alicyclic amines) is 1. The van der Waals surface area contributed by atoms with Crippen LogP contribution < -0.4 is 11.1 Å². The molecule has 3 N–H and O–H groups in total. The van der Waals surface area contributed by atoms with Crippen LogP contribution in [0.25, 0.3) is 28.5 Å². The number of nitrogen functional groups attached to an aromatic ring is 1. The zero-order chi connectivity index (χ0) is 24.0. The molecule has 5 heterocycles. The number of nitrogens with zero attached hydrogens (tertiary/aromatic N) is 6. The second-order valence-electron chi connectivity index (χ2n) is 8.38. The summed E-state index contributed by atoms with van der Waals surface area (Å²) in [5.41, 5.74) is 8.87. The van der Waals surface area contributed by atoms with Crippen LogP contribution >= 0.6 is 0 Å². The average molecular weight is 468 g/mol. The molecule has 4 aromatic heterocycles. The summed E-state index contributed by atoms with van der Waals surface area (Å²) in [5.74, 6) is -3.32. The van der Waals surface area contributed by atoms with E-state index in [9.17, 15) is 13.6 Å². The number of hydrogen-bond donors (Lipinski definition) is 2. The number of nitrogens with one attached hydrogen (secondary N) is 1. The van der Waals surface area contributed by atoms with Crippen LogP contribution in [0, 0.1) is 6.92 Å². The highest BCUT2D eigenvalue weighted by molar-refractivity contribution is 5.97. The fraction of sp³-hybridized carbons (Fsp3) is 0.318. The number of imidazole rings is 1. The van der Waals surface area contributed by atoms with Gasteiger partial charge in [-0.15, -0.1) is 0 Å². The number of likely N-dealkylation sites (N-methyl/N-ethyl adjacent to an activating group) is 1. The Hall–Kier alpha value is -3.93. The standard InChI is InChI=1S/C22H22F2N8O2/c1-12-8-27-15-4-3-13(10-32(12)15)16-17(21-26-5-6-34-21)30-19(25)18(29-16)20(33)28-9-14-7-22(23,24)11-31(14)2/h3-6,8,10,14H,7,9,11H2,1-2H3,(H2,25,30)(H,28,33)/t14-/m0/s1. The molecule has 1 amide bonds. The summed E-state index contributed by atoms with van der Waals surface area (Å²) in [6, 6.07) is 3.12. The Bertz CT molecular complexity index is 1370. The van der Waals surface area contributed by atoms with Crippen LogP contribution in [0.5, 0.6) is 0 Å². The summed E-state index contributed by atoms with van der Waals surface area (Å²) in [7, 11) is 1.60. The second kappa shape index (κ2) is 8.13. The Morgan fingerprint density at radius 3 is 2.82 bits per heavy atom. The summed E-state index contributed by atoms with van der Waals surface area (Å²) in [5, 5.41) is 2.67. The molecule has 0 unspecified atom stereocenters. The van der Waals surface area contributed by atoms with E-state index >= 15 is 0 Å². The maximum absolute atomic E-state index is 13.7. The van der Waals surface area contributed by atoms with Gasteiger partial charge < -0.3 is 19.9 Å². The Labute approximate surface area is 192 Å². The number of carbonyl (C=O) groups is 1. The molecule has 12 heteroatoms. The van der Waals surface area contributed by atoms with Crippen molar-refractivity contribution in [3.63, 3.8) is 0 Å². The van der Waals surface area contributed by atoms with E-state index in [-0.39, 0.29) is 42.6 Å². The smallest absolute Gasteiger partial charge is 0.273 e. The largest absolute Gasteiger partial charge is 0.443 e. The number of carbonyl (C=O) groups excluding carboxylic acids is 1. The average Bonchev–Trinajstić information content (AvgIpc) is 3.51. The summed E-state index contributed by atoms with van der Waals surface area (Å²) in [6.45, 7) is 1.60. The topological polar surface area (TPSA) is 127 Å². The van der Waals surface area contributed by atoms with Crippen LogP contribution in [-0.4, -0.2) is 67.2 Å². The molecule has 10 nitrogen and oxygen atoms in total. The van der Waals surface area contributed by atoms with E-state index in [1.807, 2.05) is 23.6 Å². The van der Waals surface area contributed by atoms with Gasteiger partial charge in [0.1, 0.15) is 17.6 Å². The molecule has 176 valence electrons. The molecule has 0 bridgehead atoms. The molecule has 0 radical (unpaired) electrons. The van der Waals surface area contributed by atoms with E-state index < -0.39 is 17.9 Å². The first-order valence-corrected chi connectivity index (χ1v) is 10.6. The molecule has 1 aliphatic rings. The van der Waals surface area contributed by atoms with E-state index in [1.54, 1.807) is 19.3 Å². The van der Waals surface area contributed by atoms with E-state index in [1.165, 1.54) is 17.4 Å². The van der Waals surface area contributed by atoms with E-state index in [0.717, 1.165) is 11.3 Å². The third kappa shape index (κ3) is 3.96. The molecule has 1 aliphatic heterocycles. The minimum atomic E-state index is -2.78. The summed E-state index contributed by atoms with van der Waals surface area (Å²) >= 11 is 0. The van der Waals surface area contributed by atoms with Gasteiger partial charge in [-0.05, 0) is 26.1 Å². The van der Waals surface area contributed by atoms with E-state index in [4.69, 9.17) is 10.2 Å². The van der Waals surface area contributed by atoms with Crippen LogP contribution in [-0.2, 0) is 0 Å². The van der Waals surface area contributed by atoms with Crippen LogP contribution in [0.1, 0.15) is 22.6 Å². The number of pyridine rings is 1. The van der Waals surface area contributed by atoms with E-state index in [2.05, 4.69) is 25.3 Å².